The molecule has 1 atom stereocenters. The van der Waals surface area contributed by atoms with Gasteiger partial charge in [0.15, 0.2) is 0 Å². The molecule has 10 nitrogen and oxygen atoms in total. The lowest BCUT2D eigenvalue weighted by Crippen LogP contribution is -2.56. The van der Waals surface area contributed by atoms with Crippen molar-refractivity contribution in [2.24, 2.45) is 5.73 Å². The summed E-state index contributed by atoms with van der Waals surface area (Å²) in [6.07, 6.45) is 0. The van der Waals surface area contributed by atoms with Crippen molar-refractivity contribution in [3.8, 4) is 0 Å². The summed E-state index contributed by atoms with van der Waals surface area (Å²) >= 11 is 1.76. The Balaban J connectivity index is 1.13. The first-order valence-corrected chi connectivity index (χ1v) is 23.9. The van der Waals surface area contributed by atoms with Crippen molar-refractivity contribution in [1.29, 1.82) is 0 Å². The quantitative estimate of drug-likeness (QED) is 0.0285. The first-order chi connectivity index (χ1) is 32.7. The molecular weight excluding hydrogens is 847 g/mol. The van der Waals surface area contributed by atoms with Crippen LogP contribution in [0.4, 0.5) is 0 Å². The zero-order valence-corrected chi connectivity index (χ0v) is 38.7. The molecule has 0 saturated heterocycles. The Morgan fingerprint density at radius 1 is 0.424 bits per heavy atom. The molecule has 0 fully saturated rings. The topological polar surface area (TPSA) is 123 Å². The standard InChI is InChI=1S/C55H65N3O7S/c56-31-33-60-35-37-62-39-41-64-43-44-65-42-40-63-38-36-61-34-32-57-53(59)52(58-54(46-19-7-1-8-20-46,47-21-9-2-10-22-47)48-23-11-3-12-24-48)45-66-55(49-25-13-4-14-26-49,50-27-15-5-16-28-50)51-29-17-6-18-30-51/h1-30,52,58H,31-45,56H2,(H,57,59)/t52-/m0/s1. The van der Waals surface area contributed by atoms with Crippen molar-refractivity contribution in [3.63, 3.8) is 0 Å². The molecule has 0 aliphatic heterocycles. The first kappa shape index (κ1) is 50.2. The molecule has 0 aromatic heterocycles. The minimum Gasteiger partial charge on any atom is -0.378 e. The minimum atomic E-state index is -0.888. The van der Waals surface area contributed by atoms with Crippen LogP contribution in [0, 0.1) is 0 Å². The van der Waals surface area contributed by atoms with Crippen LogP contribution in [0.2, 0.25) is 0 Å². The number of hydrogen-bond donors (Lipinski definition) is 3. The normalized spacial score (nSPS) is 12.2. The van der Waals surface area contributed by atoms with E-state index in [9.17, 15) is 4.79 Å². The molecule has 0 spiro atoms. The Morgan fingerprint density at radius 3 is 1.03 bits per heavy atom. The van der Waals surface area contributed by atoms with Gasteiger partial charge in [0, 0.05) is 18.8 Å². The third-order valence-electron chi connectivity index (χ3n) is 11.0. The number of nitrogens with two attached hydrogens (primary N) is 1. The molecule has 66 heavy (non-hydrogen) atoms. The van der Waals surface area contributed by atoms with E-state index in [2.05, 4.69) is 156 Å². The van der Waals surface area contributed by atoms with Crippen LogP contribution in [0.25, 0.3) is 0 Å². The first-order valence-electron chi connectivity index (χ1n) is 22.9. The zero-order valence-electron chi connectivity index (χ0n) is 37.8. The second-order valence-electron chi connectivity index (χ2n) is 15.4. The van der Waals surface area contributed by atoms with Gasteiger partial charge in [0.25, 0.3) is 0 Å². The molecule has 0 heterocycles. The highest BCUT2D eigenvalue weighted by Gasteiger charge is 2.43. The van der Waals surface area contributed by atoms with Crippen molar-refractivity contribution in [1.82, 2.24) is 10.6 Å². The number of hydrogen-bond acceptors (Lipinski definition) is 10. The van der Waals surface area contributed by atoms with Crippen molar-refractivity contribution < 1.29 is 33.2 Å². The summed E-state index contributed by atoms with van der Waals surface area (Å²) in [5.41, 5.74) is 11.0. The summed E-state index contributed by atoms with van der Waals surface area (Å²) < 4.78 is 32.9. The smallest absolute Gasteiger partial charge is 0.238 e. The number of carbonyl (C=O) groups excluding carboxylic acids is 1. The highest BCUT2D eigenvalue weighted by molar-refractivity contribution is 8.00. The van der Waals surface area contributed by atoms with E-state index in [1.165, 1.54) is 0 Å². The Bertz CT molecular complexity index is 1980. The number of benzene rings is 6. The monoisotopic (exact) mass is 911 g/mol. The average molecular weight is 912 g/mol. The van der Waals surface area contributed by atoms with Crippen molar-refractivity contribution in [3.05, 3.63) is 215 Å². The van der Waals surface area contributed by atoms with Gasteiger partial charge in [-0.05, 0) is 33.4 Å². The van der Waals surface area contributed by atoms with Crippen LogP contribution >= 0.6 is 11.8 Å². The summed E-state index contributed by atoms with van der Waals surface area (Å²) in [5.74, 6) is 0.293. The van der Waals surface area contributed by atoms with Crippen LogP contribution in [0.15, 0.2) is 182 Å². The van der Waals surface area contributed by atoms with Gasteiger partial charge in [0.1, 0.15) is 0 Å². The number of nitrogens with one attached hydrogen (secondary N) is 2. The van der Waals surface area contributed by atoms with Gasteiger partial charge in [-0.25, -0.2) is 0 Å². The molecule has 4 N–H and O–H groups in total. The van der Waals surface area contributed by atoms with E-state index in [1.54, 1.807) is 11.8 Å². The van der Waals surface area contributed by atoms with Crippen LogP contribution in [0.1, 0.15) is 33.4 Å². The van der Waals surface area contributed by atoms with Gasteiger partial charge in [0.2, 0.25) is 5.91 Å². The van der Waals surface area contributed by atoms with Gasteiger partial charge in [-0.1, -0.05) is 182 Å². The lowest BCUT2D eigenvalue weighted by Gasteiger charge is -2.41. The molecule has 0 bridgehead atoms. The van der Waals surface area contributed by atoms with Crippen LogP contribution in [-0.4, -0.2) is 110 Å². The van der Waals surface area contributed by atoms with Crippen molar-refractivity contribution >= 4 is 17.7 Å². The lowest BCUT2D eigenvalue weighted by atomic mass is 9.76. The third kappa shape index (κ3) is 14.7. The predicted molar refractivity (Wildman–Crippen MR) is 265 cm³/mol. The van der Waals surface area contributed by atoms with Gasteiger partial charge < -0.3 is 39.5 Å². The molecule has 0 radical (unpaired) electrons. The maximum Gasteiger partial charge on any atom is 0.238 e. The Hall–Kier alpha value is -5.18. The van der Waals surface area contributed by atoms with Crippen molar-refractivity contribution in [2.45, 2.75) is 16.3 Å². The van der Waals surface area contributed by atoms with Gasteiger partial charge >= 0.3 is 0 Å². The third-order valence-corrected chi connectivity index (χ3v) is 12.6. The van der Waals surface area contributed by atoms with Crippen LogP contribution in [0.5, 0.6) is 0 Å². The summed E-state index contributed by atoms with van der Waals surface area (Å²) in [7, 11) is 0. The highest BCUT2D eigenvalue weighted by Crippen LogP contribution is 2.49. The average Bonchev–Trinajstić information content (AvgIpc) is 3.38. The molecule has 6 aromatic carbocycles. The molecule has 0 aliphatic carbocycles. The maximum absolute atomic E-state index is 14.9. The second-order valence-corrected chi connectivity index (χ2v) is 16.6. The summed E-state index contributed by atoms with van der Waals surface area (Å²) in [6.45, 7) is 6.42. The summed E-state index contributed by atoms with van der Waals surface area (Å²) in [6, 6.07) is 62.3. The van der Waals surface area contributed by atoms with Crippen LogP contribution in [0.3, 0.4) is 0 Å². The number of carbonyl (C=O) groups is 1. The van der Waals surface area contributed by atoms with E-state index in [4.69, 9.17) is 34.2 Å². The van der Waals surface area contributed by atoms with E-state index in [0.717, 1.165) is 33.4 Å². The number of amides is 1. The molecule has 0 saturated carbocycles. The zero-order chi connectivity index (χ0) is 45.8. The molecule has 0 aliphatic rings. The fraction of sp³-hybridized carbons (Fsp3) is 0.327. The fourth-order valence-electron chi connectivity index (χ4n) is 7.89. The molecular formula is C55H65N3O7S. The van der Waals surface area contributed by atoms with Crippen molar-refractivity contribution in [2.75, 3.05) is 98.1 Å². The SMILES string of the molecule is NCCOCCOCCOCCOCCOCCOCCNC(=O)[C@H](CSC(c1ccccc1)(c1ccccc1)c1ccccc1)NC(c1ccccc1)(c1ccccc1)c1ccccc1. The van der Waals surface area contributed by atoms with E-state index in [-0.39, 0.29) is 5.91 Å². The highest BCUT2D eigenvalue weighted by atomic mass is 32.2. The van der Waals surface area contributed by atoms with Gasteiger partial charge in [-0.2, -0.15) is 0 Å². The molecule has 6 aromatic rings. The summed E-state index contributed by atoms with van der Waals surface area (Å²) in [4.78, 5) is 14.9. The van der Waals surface area contributed by atoms with Crippen LogP contribution < -0.4 is 16.4 Å². The Labute approximate surface area is 395 Å². The van der Waals surface area contributed by atoms with Gasteiger partial charge in [-0.15, -0.1) is 11.8 Å². The van der Waals surface area contributed by atoms with Crippen LogP contribution in [-0.2, 0) is 43.5 Å². The molecule has 11 heteroatoms. The Kier molecular flexibility index (Phi) is 21.9. The van der Waals surface area contributed by atoms with Gasteiger partial charge in [-0.3, -0.25) is 10.1 Å². The molecule has 348 valence electrons. The lowest BCUT2D eigenvalue weighted by molar-refractivity contribution is -0.123. The van der Waals surface area contributed by atoms with E-state index in [0.29, 0.717) is 98.1 Å². The van der Waals surface area contributed by atoms with E-state index in [1.807, 2.05) is 36.4 Å². The Morgan fingerprint density at radius 2 is 0.712 bits per heavy atom. The van der Waals surface area contributed by atoms with Gasteiger partial charge in [0.05, 0.1) is 95.6 Å². The second kappa shape index (κ2) is 28.8. The maximum atomic E-state index is 14.9. The largest absolute Gasteiger partial charge is 0.378 e. The minimum absolute atomic E-state index is 0.126. The fourth-order valence-corrected chi connectivity index (χ4v) is 9.45. The van der Waals surface area contributed by atoms with E-state index >= 15 is 0 Å². The number of rotatable bonds is 32. The van der Waals surface area contributed by atoms with E-state index < -0.39 is 16.3 Å². The molecule has 1 amide bonds. The molecule has 6 rings (SSSR count). The summed E-state index contributed by atoms with van der Waals surface area (Å²) in [5, 5.41) is 7.27. The number of ether oxygens (including phenoxy) is 6. The number of thioether (sulfide) groups is 1. The molecule has 0 unspecified atom stereocenters. The predicted octanol–water partition coefficient (Wildman–Crippen LogP) is 7.84.